The maximum Gasteiger partial charge on any atom is 0.266 e. The molecule has 0 atom stereocenters. The van der Waals surface area contributed by atoms with Gasteiger partial charge in [0.25, 0.3) is 16.0 Å². The van der Waals surface area contributed by atoms with Gasteiger partial charge in [0.1, 0.15) is 4.90 Å². The number of hydrogen-bond acceptors (Lipinski definition) is 6. The Kier molecular flexibility index (Phi) is 4.02. The number of halogens is 2. The van der Waals surface area contributed by atoms with Crippen LogP contribution >= 0.6 is 31.9 Å². The Balaban J connectivity index is 2.46. The molecule has 19 heavy (non-hydrogen) atoms. The van der Waals surface area contributed by atoms with E-state index in [0.717, 1.165) is 0 Å². The van der Waals surface area contributed by atoms with Gasteiger partial charge in [-0.2, -0.15) is 5.10 Å². The molecule has 0 saturated heterocycles. The minimum Gasteiger partial charge on any atom is -0.399 e. The first-order valence-electron chi connectivity index (χ1n) is 4.81. The molecular weight excluding hydrogens is 402 g/mol. The van der Waals surface area contributed by atoms with Crippen molar-refractivity contribution in [2.45, 2.75) is 4.90 Å². The van der Waals surface area contributed by atoms with E-state index in [9.17, 15) is 8.42 Å². The first-order valence-corrected chi connectivity index (χ1v) is 7.88. The van der Waals surface area contributed by atoms with Crippen LogP contribution in [0.4, 0.5) is 11.6 Å². The summed E-state index contributed by atoms with van der Waals surface area (Å²) in [5.41, 5.74) is 6.04. The molecule has 0 fully saturated rings. The Morgan fingerprint density at radius 3 is 2.32 bits per heavy atom. The first-order chi connectivity index (χ1) is 8.90. The van der Waals surface area contributed by atoms with Crippen molar-refractivity contribution in [3.63, 3.8) is 0 Å². The van der Waals surface area contributed by atoms with Gasteiger partial charge in [0, 0.05) is 14.6 Å². The van der Waals surface area contributed by atoms with Gasteiger partial charge < -0.3 is 5.73 Å². The van der Waals surface area contributed by atoms with Crippen molar-refractivity contribution in [3.05, 3.63) is 33.5 Å². The monoisotopic (exact) mass is 407 g/mol. The Morgan fingerprint density at radius 2 is 1.79 bits per heavy atom. The van der Waals surface area contributed by atoms with Gasteiger partial charge in [-0.1, -0.05) is 0 Å². The fraction of sp³-hybridized carbons (Fsp3) is 0. The summed E-state index contributed by atoms with van der Waals surface area (Å²) in [5, 5.41) is 7.10. The molecule has 0 radical (unpaired) electrons. The second-order valence-corrected chi connectivity index (χ2v) is 6.71. The van der Waals surface area contributed by atoms with Crippen molar-refractivity contribution in [1.82, 2.24) is 15.2 Å². The lowest BCUT2D eigenvalue weighted by Gasteiger charge is -2.10. The number of nitrogen functional groups attached to an aromatic ring is 1. The molecule has 0 bridgehead atoms. The van der Waals surface area contributed by atoms with Crippen LogP contribution in [0.15, 0.2) is 38.4 Å². The molecule has 1 aromatic carbocycles. The number of nitrogens with two attached hydrogens (primary N) is 1. The maximum absolute atomic E-state index is 12.2. The quantitative estimate of drug-likeness (QED) is 0.748. The fourth-order valence-corrected chi connectivity index (χ4v) is 4.87. The summed E-state index contributed by atoms with van der Waals surface area (Å²) in [6, 6.07) is 2.98. The summed E-state index contributed by atoms with van der Waals surface area (Å²) in [7, 11) is -3.86. The second kappa shape index (κ2) is 5.39. The highest BCUT2D eigenvalue weighted by molar-refractivity contribution is 9.11. The third-order valence-electron chi connectivity index (χ3n) is 2.00. The summed E-state index contributed by atoms with van der Waals surface area (Å²) >= 11 is 6.32. The zero-order valence-corrected chi connectivity index (χ0v) is 13.2. The molecule has 0 aliphatic carbocycles. The van der Waals surface area contributed by atoms with E-state index < -0.39 is 10.0 Å². The largest absolute Gasteiger partial charge is 0.399 e. The van der Waals surface area contributed by atoms with Gasteiger partial charge in [0.15, 0.2) is 0 Å². The molecule has 0 aliphatic rings. The lowest BCUT2D eigenvalue weighted by atomic mass is 10.3. The average molecular weight is 409 g/mol. The van der Waals surface area contributed by atoms with Crippen LogP contribution in [0, 0.1) is 0 Å². The van der Waals surface area contributed by atoms with Crippen LogP contribution in [-0.2, 0) is 10.0 Å². The topological polar surface area (TPSA) is 111 Å². The van der Waals surface area contributed by atoms with E-state index >= 15 is 0 Å². The number of nitrogens with zero attached hydrogens (tertiary/aromatic N) is 3. The maximum atomic E-state index is 12.2. The van der Waals surface area contributed by atoms with E-state index in [1.807, 2.05) is 0 Å². The fourth-order valence-electron chi connectivity index (χ4n) is 1.30. The van der Waals surface area contributed by atoms with Crippen LogP contribution in [0.25, 0.3) is 0 Å². The van der Waals surface area contributed by atoms with Crippen LogP contribution in [0.5, 0.6) is 0 Å². The molecule has 0 saturated carbocycles. The van der Waals surface area contributed by atoms with Gasteiger partial charge in [-0.15, -0.1) is 5.10 Å². The molecule has 7 nitrogen and oxygen atoms in total. The second-order valence-electron chi connectivity index (χ2n) is 3.39. The molecule has 1 heterocycles. The molecule has 2 aromatic rings. The number of rotatable bonds is 3. The summed E-state index contributed by atoms with van der Waals surface area (Å²) in [6.45, 7) is 0. The highest BCUT2D eigenvalue weighted by Crippen LogP contribution is 2.33. The standard InChI is InChI=1S/C9H7Br2N5O2S/c10-6-3-5(12)4-7(11)8(6)19(17,18)16-9-13-1-2-14-15-9/h1-4H,12H2,(H,13,15,16). The van der Waals surface area contributed by atoms with Crippen LogP contribution in [0.3, 0.4) is 0 Å². The van der Waals surface area contributed by atoms with Gasteiger partial charge in [0.2, 0.25) is 0 Å². The number of benzene rings is 1. The highest BCUT2D eigenvalue weighted by Gasteiger charge is 2.22. The van der Waals surface area contributed by atoms with Crippen LogP contribution < -0.4 is 10.5 Å². The Hall–Kier alpha value is -1.26. The van der Waals surface area contributed by atoms with Crippen molar-refractivity contribution in [3.8, 4) is 0 Å². The number of anilines is 2. The Bertz CT molecular complexity index is 685. The average Bonchev–Trinajstić information content (AvgIpc) is 2.27. The van der Waals surface area contributed by atoms with E-state index in [-0.39, 0.29) is 10.8 Å². The van der Waals surface area contributed by atoms with Crippen LogP contribution in [-0.4, -0.2) is 23.6 Å². The van der Waals surface area contributed by atoms with Gasteiger partial charge >= 0.3 is 0 Å². The Morgan fingerprint density at radius 1 is 1.16 bits per heavy atom. The third-order valence-corrected chi connectivity index (χ3v) is 5.20. The first kappa shape index (κ1) is 14.2. The van der Waals surface area contributed by atoms with Gasteiger partial charge in [-0.3, -0.25) is 0 Å². The van der Waals surface area contributed by atoms with E-state index in [2.05, 4.69) is 51.8 Å². The molecule has 3 N–H and O–H groups in total. The minimum atomic E-state index is -3.86. The van der Waals surface area contributed by atoms with E-state index in [1.54, 1.807) is 0 Å². The zero-order chi connectivity index (χ0) is 14.0. The predicted molar refractivity (Wildman–Crippen MR) is 76.9 cm³/mol. The van der Waals surface area contributed by atoms with Gasteiger partial charge in [0.05, 0.1) is 12.4 Å². The minimum absolute atomic E-state index is 0.00848. The SMILES string of the molecule is Nc1cc(Br)c(S(=O)(=O)Nc2nccnn2)c(Br)c1. The van der Waals surface area contributed by atoms with Crippen LogP contribution in [0.1, 0.15) is 0 Å². The molecule has 100 valence electrons. The molecule has 10 heteroatoms. The summed E-state index contributed by atoms with van der Waals surface area (Å²) < 4.78 is 27.4. The number of sulfonamides is 1. The molecule has 1 aromatic heterocycles. The molecule has 0 aliphatic heterocycles. The molecule has 0 amide bonds. The van der Waals surface area contributed by atoms with E-state index in [4.69, 9.17) is 5.73 Å². The highest BCUT2D eigenvalue weighted by atomic mass is 79.9. The van der Waals surface area contributed by atoms with Crippen molar-refractivity contribution in [1.29, 1.82) is 0 Å². The predicted octanol–water partition coefficient (Wildman–Crippen LogP) is 1.78. The summed E-state index contributed by atoms with van der Waals surface area (Å²) in [4.78, 5) is 3.76. The normalized spacial score (nSPS) is 11.3. The number of aromatic nitrogens is 3. The third kappa shape index (κ3) is 3.19. The van der Waals surface area contributed by atoms with Crippen molar-refractivity contribution in [2.75, 3.05) is 10.5 Å². The summed E-state index contributed by atoms with van der Waals surface area (Å²) in [5.74, 6) is -0.113. The van der Waals surface area contributed by atoms with Crippen molar-refractivity contribution >= 4 is 53.5 Å². The lowest BCUT2D eigenvalue weighted by Crippen LogP contribution is -2.16. The van der Waals surface area contributed by atoms with Gasteiger partial charge in [-0.05, 0) is 44.0 Å². The number of nitrogens with one attached hydrogen (secondary N) is 1. The van der Waals surface area contributed by atoms with Crippen molar-refractivity contribution in [2.24, 2.45) is 0 Å². The summed E-state index contributed by atoms with van der Waals surface area (Å²) in [6.07, 6.45) is 2.67. The Labute approximate surface area is 126 Å². The van der Waals surface area contributed by atoms with E-state index in [1.165, 1.54) is 24.5 Å². The molecule has 2 rings (SSSR count). The smallest absolute Gasteiger partial charge is 0.266 e. The number of hydrogen-bond donors (Lipinski definition) is 2. The van der Waals surface area contributed by atoms with Gasteiger partial charge in [-0.25, -0.2) is 18.1 Å². The van der Waals surface area contributed by atoms with E-state index in [0.29, 0.717) is 14.6 Å². The molecular formula is C9H7Br2N5O2S. The zero-order valence-electron chi connectivity index (χ0n) is 9.21. The lowest BCUT2D eigenvalue weighted by molar-refractivity contribution is 0.599. The van der Waals surface area contributed by atoms with Crippen LogP contribution in [0.2, 0.25) is 0 Å². The van der Waals surface area contributed by atoms with Crippen molar-refractivity contribution < 1.29 is 8.42 Å². The molecule has 0 spiro atoms. The molecule has 0 unspecified atom stereocenters.